The summed E-state index contributed by atoms with van der Waals surface area (Å²) < 4.78 is 26.6. The van der Waals surface area contributed by atoms with E-state index in [-0.39, 0.29) is 23.1 Å². The van der Waals surface area contributed by atoms with Crippen molar-refractivity contribution >= 4 is 5.91 Å². The molecule has 4 N–H and O–H groups in total. The number of rotatable bonds is 7. The molecule has 0 bridgehead atoms. The highest BCUT2D eigenvalue weighted by atomic mass is 19.1. The van der Waals surface area contributed by atoms with Crippen LogP contribution in [0.3, 0.4) is 0 Å². The fraction of sp³-hybridized carbons (Fsp3) is 0.261. The Kier molecular flexibility index (Phi) is 5.20. The molecule has 0 unspecified atom stereocenters. The first-order valence-electron chi connectivity index (χ1n) is 9.73. The first kappa shape index (κ1) is 19.3. The Morgan fingerprint density at radius 3 is 2.14 bits per heavy atom. The van der Waals surface area contributed by atoms with Gasteiger partial charge in [-0.15, -0.1) is 0 Å². The average Bonchev–Trinajstić information content (AvgIpc) is 3.36. The molecule has 6 heteroatoms. The van der Waals surface area contributed by atoms with Crippen molar-refractivity contribution in [3.05, 3.63) is 71.8 Å². The van der Waals surface area contributed by atoms with Gasteiger partial charge in [0.15, 0.2) is 0 Å². The number of carbonyl (C=O) groups excluding carboxylic acids is 1. The molecular weight excluding hydrogens is 372 g/mol. The number of hydrogen-bond acceptors (Lipinski definition) is 2. The molecule has 1 aliphatic rings. The third-order valence-corrected chi connectivity index (χ3v) is 5.46. The van der Waals surface area contributed by atoms with E-state index in [4.69, 9.17) is 5.73 Å². The second-order valence-electron chi connectivity index (χ2n) is 7.63. The van der Waals surface area contributed by atoms with Crippen LogP contribution in [0.1, 0.15) is 24.8 Å². The predicted octanol–water partition coefficient (Wildman–Crippen LogP) is 4.17. The summed E-state index contributed by atoms with van der Waals surface area (Å²) in [6.07, 6.45) is 2.71. The van der Waals surface area contributed by atoms with Crippen molar-refractivity contribution in [2.45, 2.75) is 31.2 Å². The minimum absolute atomic E-state index is 0.0254. The van der Waals surface area contributed by atoms with Crippen molar-refractivity contribution in [1.29, 1.82) is 0 Å². The van der Waals surface area contributed by atoms with Gasteiger partial charge >= 0.3 is 0 Å². The molecule has 1 aromatic heterocycles. The van der Waals surface area contributed by atoms with Crippen LogP contribution in [0.4, 0.5) is 8.78 Å². The standard InChI is InChI=1S/C23H23F2N3O/c24-18-6-1-15(2-7-18)20-13-17(5-10-21(29)28-23(14-26)11-12-23)22(27-20)16-3-8-19(25)9-4-16/h1-4,6-9,13,27H,5,10-12,14,26H2,(H,28,29). The summed E-state index contributed by atoms with van der Waals surface area (Å²) in [6.45, 7) is 0.457. The summed E-state index contributed by atoms with van der Waals surface area (Å²) in [5, 5.41) is 3.03. The number of aryl methyl sites for hydroxylation is 1. The van der Waals surface area contributed by atoms with Crippen LogP contribution in [0.5, 0.6) is 0 Å². The van der Waals surface area contributed by atoms with Crippen molar-refractivity contribution in [1.82, 2.24) is 10.3 Å². The zero-order valence-corrected chi connectivity index (χ0v) is 16.0. The van der Waals surface area contributed by atoms with E-state index in [9.17, 15) is 13.6 Å². The number of hydrogen-bond donors (Lipinski definition) is 3. The molecular formula is C23H23F2N3O. The largest absolute Gasteiger partial charge is 0.354 e. The third-order valence-electron chi connectivity index (χ3n) is 5.46. The number of aromatic nitrogens is 1. The Balaban J connectivity index is 1.59. The van der Waals surface area contributed by atoms with Gasteiger partial charge in [-0.1, -0.05) is 0 Å². The van der Waals surface area contributed by atoms with E-state index < -0.39 is 0 Å². The van der Waals surface area contributed by atoms with Crippen molar-refractivity contribution < 1.29 is 13.6 Å². The molecule has 0 aliphatic heterocycles. The summed E-state index contributed by atoms with van der Waals surface area (Å²) >= 11 is 0. The SMILES string of the molecule is NCC1(NC(=O)CCc2cc(-c3ccc(F)cc3)[nH]c2-c2ccc(F)cc2)CC1. The van der Waals surface area contributed by atoms with Gasteiger partial charge in [-0.05, 0) is 90.6 Å². The number of benzene rings is 2. The highest BCUT2D eigenvalue weighted by Gasteiger charge is 2.42. The zero-order chi connectivity index (χ0) is 20.4. The van der Waals surface area contributed by atoms with Crippen LogP contribution < -0.4 is 11.1 Å². The normalized spacial score (nSPS) is 14.6. The molecule has 1 fully saturated rings. The second-order valence-corrected chi connectivity index (χ2v) is 7.63. The maximum Gasteiger partial charge on any atom is 0.220 e. The van der Waals surface area contributed by atoms with Crippen LogP contribution in [0, 0.1) is 11.6 Å². The molecule has 1 aliphatic carbocycles. The molecule has 0 atom stereocenters. The van der Waals surface area contributed by atoms with Gasteiger partial charge in [-0.2, -0.15) is 0 Å². The van der Waals surface area contributed by atoms with Gasteiger partial charge in [-0.25, -0.2) is 8.78 Å². The first-order valence-corrected chi connectivity index (χ1v) is 9.73. The van der Waals surface area contributed by atoms with Gasteiger partial charge in [0.05, 0.1) is 5.54 Å². The van der Waals surface area contributed by atoms with Crippen LogP contribution in [-0.4, -0.2) is 23.0 Å². The predicted molar refractivity (Wildman–Crippen MR) is 109 cm³/mol. The van der Waals surface area contributed by atoms with Crippen molar-refractivity contribution in [3.63, 3.8) is 0 Å². The van der Waals surface area contributed by atoms with Crippen molar-refractivity contribution in [2.75, 3.05) is 6.54 Å². The van der Waals surface area contributed by atoms with E-state index in [0.29, 0.717) is 19.4 Å². The molecule has 2 aromatic carbocycles. The average molecular weight is 395 g/mol. The molecule has 29 heavy (non-hydrogen) atoms. The lowest BCUT2D eigenvalue weighted by atomic mass is 10.0. The maximum atomic E-state index is 13.4. The molecule has 0 saturated heterocycles. The third kappa shape index (κ3) is 4.38. The summed E-state index contributed by atoms with van der Waals surface area (Å²) in [6, 6.07) is 14.4. The smallest absolute Gasteiger partial charge is 0.220 e. The van der Waals surface area contributed by atoms with Gasteiger partial charge in [0.25, 0.3) is 0 Å². The van der Waals surface area contributed by atoms with Crippen LogP contribution in [0.15, 0.2) is 54.6 Å². The Morgan fingerprint density at radius 1 is 1.00 bits per heavy atom. The number of nitrogens with two attached hydrogens (primary N) is 1. The zero-order valence-electron chi connectivity index (χ0n) is 16.0. The highest BCUT2D eigenvalue weighted by Crippen LogP contribution is 2.34. The lowest BCUT2D eigenvalue weighted by molar-refractivity contribution is -0.121. The van der Waals surface area contributed by atoms with E-state index in [0.717, 1.165) is 40.9 Å². The van der Waals surface area contributed by atoms with Crippen LogP contribution in [0.25, 0.3) is 22.5 Å². The maximum absolute atomic E-state index is 13.4. The van der Waals surface area contributed by atoms with Gasteiger partial charge in [0, 0.05) is 24.4 Å². The van der Waals surface area contributed by atoms with E-state index >= 15 is 0 Å². The van der Waals surface area contributed by atoms with Crippen LogP contribution >= 0.6 is 0 Å². The minimum Gasteiger partial charge on any atom is -0.354 e. The van der Waals surface area contributed by atoms with Gasteiger partial charge in [0.2, 0.25) is 5.91 Å². The molecule has 4 nitrogen and oxygen atoms in total. The van der Waals surface area contributed by atoms with Gasteiger partial charge in [-0.3, -0.25) is 4.79 Å². The Hall–Kier alpha value is -2.99. The molecule has 1 saturated carbocycles. The Labute approximate surface area is 168 Å². The fourth-order valence-corrected chi connectivity index (χ4v) is 3.49. The molecule has 150 valence electrons. The molecule has 0 spiro atoms. The number of aromatic amines is 1. The molecule has 1 amide bonds. The highest BCUT2D eigenvalue weighted by molar-refractivity contribution is 5.79. The fourth-order valence-electron chi connectivity index (χ4n) is 3.49. The monoisotopic (exact) mass is 395 g/mol. The number of amides is 1. The van der Waals surface area contributed by atoms with Crippen molar-refractivity contribution in [2.24, 2.45) is 5.73 Å². The number of nitrogens with one attached hydrogen (secondary N) is 2. The van der Waals surface area contributed by atoms with E-state index in [1.54, 1.807) is 24.3 Å². The lowest BCUT2D eigenvalue weighted by Crippen LogP contribution is -2.42. The topological polar surface area (TPSA) is 70.9 Å². The summed E-state index contributed by atoms with van der Waals surface area (Å²) in [4.78, 5) is 15.7. The molecule has 3 aromatic rings. The quantitative estimate of drug-likeness (QED) is 0.562. The van der Waals surface area contributed by atoms with Gasteiger partial charge < -0.3 is 16.0 Å². The van der Waals surface area contributed by atoms with Crippen LogP contribution in [0.2, 0.25) is 0 Å². The van der Waals surface area contributed by atoms with Gasteiger partial charge in [0.1, 0.15) is 11.6 Å². The first-order chi connectivity index (χ1) is 14.0. The van der Waals surface area contributed by atoms with Crippen LogP contribution in [-0.2, 0) is 11.2 Å². The summed E-state index contributed by atoms with van der Waals surface area (Å²) in [7, 11) is 0. The second kappa shape index (κ2) is 7.79. The molecule has 1 heterocycles. The Bertz CT molecular complexity index is 1010. The van der Waals surface area contributed by atoms with E-state index in [2.05, 4.69) is 10.3 Å². The van der Waals surface area contributed by atoms with E-state index in [1.165, 1.54) is 24.3 Å². The van der Waals surface area contributed by atoms with E-state index in [1.807, 2.05) is 6.07 Å². The Morgan fingerprint density at radius 2 is 1.59 bits per heavy atom. The lowest BCUT2D eigenvalue weighted by Gasteiger charge is -2.14. The molecule has 4 rings (SSSR count). The summed E-state index contributed by atoms with van der Waals surface area (Å²) in [5.74, 6) is -0.635. The summed E-state index contributed by atoms with van der Waals surface area (Å²) in [5.41, 5.74) is 9.79. The minimum atomic E-state index is -0.309. The molecule has 0 radical (unpaired) electrons. The number of halogens is 2. The number of H-pyrrole nitrogens is 1. The number of carbonyl (C=O) groups is 1. The van der Waals surface area contributed by atoms with Crippen molar-refractivity contribution in [3.8, 4) is 22.5 Å².